The topological polar surface area (TPSA) is 77.0 Å². The first kappa shape index (κ1) is 21.6. The molecule has 1 aromatic carbocycles. The summed E-state index contributed by atoms with van der Waals surface area (Å²) in [6, 6.07) is 5.91. The number of allylic oxidation sites excluding steroid dienone is 5. The third kappa shape index (κ3) is 5.10. The fourth-order valence-electron chi connectivity index (χ4n) is 3.75. The highest BCUT2D eigenvalue weighted by Gasteiger charge is 2.33. The van der Waals surface area contributed by atoms with Gasteiger partial charge in [0.25, 0.3) is 0 Å². The molecule has 1 amide bonds. The van der Waals surface area contributed by atoms with Crippen molar-refractivity contribution in [2.45, 2.75) is 44.7 Å². The lowest BCUT2D eigenvalue weighted by Gasteiger charge is -2.24. The van der Waals surface area contributed by atoms with E-state index in [1.54, 1.807) is 40.2 Å². The summed E-state index contributed by atoms with van der Waals surface area (Å²) in [7, 11) is 0. The molecule has 0 spiro atoms. The van der Waals surface area contributed by atoms with E-state index in [0.29, 0.717) is 24.4 Å². The molecule has 30 heavy (non-hydrogen) atoms. The van der Waals surface area contributed by atoms with Crippen LogP contribution in [0.15, 0.2) is 61.5 Å². The van der Waals surface area contributed by atoms with Crippen molar-refractivity contribution in [3.63, 3.8) is 0 Å². The van der Waals surface area contributed by atoms with Crippen molar-refractivity contribution in [1.29, 1.82) is 0 Å². The Bertz CT molecular complexity index is 949. The van der Waals surface area contributed by atoms with E-state index >= 15 is 0 Å². The number of hydrogen-bond acceptors (Lipinski definition) is 4. The van der Waals surface area contributed by atoms with Crippen molar-refractivity contribution in [3.05, 3.63) is 78.7 Å². The summed E-state index contributed by atoms with van der Waals surface area (Å²) >= 11 is 0. The molecular formula is C23H28FN5O. The number of aromatic nitrogens is 3. The molecule has 158 valence electrons. The Morgan fingerprint density at radius 1 is 1.43 bits per heavy atom. The Labute approximate surface area is 176 Å². The number of carbonyl (C=O) groups is 1. The van der Waals surface area contributed by atoms with Gasteiger partial charge in [0.2, 0.25) is 5.91 Å². The molecule has 0 bridgehead atoms. The number of likely N-dealkylation sites (tertiary alicyclic amines) is 1. The summed E-state index contributed by atoms with van der Waals surface area (Å²) in [6.45, 7) is 6.31. The summed E-state index contributed by atoms with van der Waals surface area (Å²) in [6.07, 6.45) is 11.2. The van der Waals surface area contributed by atoms with Crippen LogP contribution in [0.5, 0.6) is 0 Å². The van der Waals surface area contributed by atoms with Crippen molar-refractivity contribution < 1.29 is 9.18 Å². The van der Waals surface area contributed by atoms with Gasteiger partial charge in [-0.25, -0.2) is 14.1 Å². The first-order chi connectivity index (χ1) is 14.5. The summed E-state index contributed by atoms with van der Waals surface area (Å²) in [5.41, 5.74) is 7.53. The van der Waals surface area contributed by atoms with Crippen molar-refractivity contribution in [1.82, 2.24) is 19.7 Å². The number of rotatable bonds is 8. The smallest absolute Gasteiger partial charge is 0.224 e. The molecule has 2 aromatic rings. The number of nitrogens with zero attached hydrogens (tertiary/aromatic N) is 4. The number of hydrogen-bond donors (Lipinski definition) is 1. The molecule has 0 saturated carbocycles. The largest absolute Gasteiger partial charge is 0.332 e. The molecule has 7 heteroatoms. The monoisotopic (exact) mass is 409 g/mol. The predicted octanol–water partition coefficient (Wildman–Crippen LogP) is 3.64. The quantitative estimate of drug-likeness (QED) is 0.675. The van der Waals surface area contributed by atoms with Crippen LogP contribution in [-0.4, -0.2) is 38.2 Å². The number of amides is 1. The third-order valence-electron chi connectivity index (χ3n) is 5.15. The lowest BCUT2D eigenvalue weighted by atomic mass is 10.0. The number of benzene rings is 1. The van der Waals surface area contributed by atoms with Gasteiger partial charge in [0.05, 0.1) is 11.7 Å². The van der Waals surface area contributed by atoms with Crippen molar-refractivity contribution in [2.24, 2.45) is 5.73 Å². The molecule has 2 N–H and O–H groups in total. The SMILES string of the molecule is C=C/C=C(\C=C/C)n1cnc([C@@H]2CCCN2C(=O)C[C@H](N)Cc2ccccc2F)n1. The molecule has 1 aromatic heterocycles. The van der Waals surface area contributed by atoms with Gasteiger partial charge in [0.15, 0.2) is 5.82 Å². The van der Waals surface area contributed by atoms with E-state index in [4.69, 9.17) is 5.73 Å². The maximum atomic E-state index is 13.9. The zero-order valence-corrected chi connectivity index (χ0v) is 17.2. The molecule has 1 aliphatic heterocycles. The Morgan fingerprint density at radius 2 is 2.23 bits per heavy atom. The molecular weight excluding hydrogens is 381 g/mol. The number of halogens is 1. The standard InChI is InChI=1S/C23H28FN5O/c1-3-8-19(9-4-2)29-16-26-23(27-29)21-12-7-13-28(21)22(30)15-18(25)14-17-10-5-6-11-20(17)24/h3-6,8-11,16,18,21H,1,7,12-15,25H2,2H3/b9-4-,19-8+/t18-,21+/m1/s1. The average Bonchev–Trinajstić information content (AvgIpc) is 3.39. The molecule has 1 fully saturated rings. The third-order valence-corrected chi connectivity index (χ3v) is 5.15. The van der Waals surface area contributed by atoms with E-state index in [2.05, 4.69) is 16.7 Å². The Balaban J connectivity index is 1.68. The maximum Gasteiger partial charge on any atom is 0.224 e. The molecule has 2 atom stereocenters. The van der Waals surface area contributed by atoms with Crippen LogP contribution in [0.2, 0.25) is 0 Å². The van der Waals surface area contributed by atoms with Crippen LogP contribution < -0.4 is 5.73 Å². The minimum atomic E-state index is -0.446. The summed E-state index contributed by atoms with van der Waals surface area (Å²) in [4.78, 5) is 19.2. The highest BCUT2D eigenvalue weighted by molar-refractivity contribution is 5.77. The van der Waals surface area contributed by atoms with Gasteiger partial charge in [-0.05, 0) is 50.0 Å². The van der Waals surface area contributed by atoms with E-state index < -0.39 is 6.04 Å². The molecule has 3 rings (SSSR count). The second-order valence-electron chi connectivity index (χ2n) is 7.38. The molecule has 0 radical (unpaired) electrons. The van der Waals surface area contributed by atoms with E-state index in [1.165, 1.54) is 6.07 Å². The minimum Gasteiger partial charge on any atom is -0.332 e. The van der Waals surface area contributed by atoms with Crippen molar-refractivity contribution in [3.8, 4) is 0 Å². The van der Waals surface area contributed by atoms with E-state index in [9.17, 15) is 9.18 Å². The molecule has 2 heterocycles. The van der Waals surface area contributed by atoms with Crippen LogP contribution in [0, 0.1) is 5.82 Å². The van der Waals surface area contributed by atoms with Crippen LogP contribution in [-0.2, 0) is 11.2 Å². The molecule has 0 aliphatic carbocycles. The molecule has 1 saturated heterocycles. The fraction of sp³-hybridized carbons (Fsp3) is 0.348. The average molecular weight is 410 g/mol. The van der Waals surface area contributed by atoms with Gasteiger partial charge in [0.1, 0.15) is 12.1 Å². The fourth-order valence-corrected chi connectivity index (χ4v) is 3.75. The Kier molecular flexibility index (Phi) is 7.30. The van der Waals surface area contributed by atoms with Gasteiger partial charge in [0, 0.05) is 19.0 Å². The minimum absolute atomic E-state index is 0.0481. The predicted molar refractivity (Wildman–Crippen MR) is 116 cm³/mol. The molecule has 0 unspecified atom stereocenters. The van der Waals surface area contributed by atoms with Crippen LogP contribution in [0.4, 0.5) is 4.39 Å². The second kappa shape index (κ2) is 10.1. The van der Waals surface area contributed by atoms with Crippen LogP contribution in [0.25, 0.3) is 5.70 Å². The van der Waals surface area contributed by atoms with Crippen LogP contribution >= 0.6 is 0 Å². The van der Waals surface area contributed by atoms with E-state index in [0.717, 1.165) is 18.5 Å². The summed E-state index contributed by atoms with van der Waals surface area (Å²) < 4.78 is 15.5. The highest BCUT2D eigenvalue weighted by Crippen LogP contribution is 2.30. The maximum absolute atomic E-state index is 13.9. The first-order valence-corrected chi connectivity index (χ1v) is 10.2. The van der Waals surface area contributed by atoms with Gasteiger partial charge in [-0.3, -0.25) is 4.79 Å². The number of nitrogens with two attached hydrogens (primary N) is 1. The van der Waals surface area contributed by atoms with Crippen LogP contribution in [0.1, 0.15) is 43.6 Å². The van der Waals surface area contributed by atoms with Gasteiger partial charge < -0.3 is 10.6 Å². The normalized spacial score (nSPS) is 18.2. The summed E-state index contributed by atoms with van der Waals surface area (Å²) in [5, 5.41) is 4.58. The molecule has 6 nitrogen and oxygen atoms in total. The van der Waals surface area contributed by atoms with Crippen molar-refractivity contribution in [2.75, 3.05) is 6.54 Å². The van der Waals surface area contributed by atoms with E-state index in [1.807, 2.05) is 25.2 Å². The molecule has 1 aliphatic rings. The Hall–Kier alpha value is -3.06. The number of carbonyl (C=O) groups excluding carboxylic acids is 1. The van der Waals surface area contributed by atoms with Crippen LogP contribution in [0.3, 0.4) is 0 Å². The van der Waals surface area contributed by atoms with Gasteiger partial charge in [-0.1, -0.05) is 36.9 Å². The van der Waals surface area contributed by atoms with Crippen molar-refractivity contribution >= 4 is 11.6 Å². The zero-order valence-electron chi connectivity index (χ0n) is 17.2. The highest BCUT2D eigenvalue weighted by atomic mass is 19.1. The Morgan fingerprint density at radius 3 is 2.97 bits per heavy atom. The summed E-state index contributed by atoms with van der Waals surface area (Å²) in [5.74, 6) is 0.273. The van der Waals surface area contributed by atoms with Gasteiger partial charge in [-0.15, -0.1) is 5.10 Å². The van der Waals surface area contributed by atoms with E-state index in [-0.39, 0.29) is 24.2 Å². The lowest BCUT2D eigenvalue weighted by Crippen LogP contribution is -2.36. The first-order valence-electron chi connectivity index (χ1n) is 10.2. The zero-order chi connectivity index (χ0) is 21.5. The second-order valence-corrected chi connectivity index (χ2v) is 7.38. The van der Waals surface area contributed by atoms with Gasteiger partial charge >= 0.3 is 0 Å². The van der Waals surface area contributed by atoms with Gasteiger partial charge in [-0.2, -0.15) is 0 Å². The lowest BCUT2D eigenvalue weighted by molar-refractivity contribution is -0.132.